The van der Waals surface area contributed by atoms with E-state index in [4.69, 9.17) is 9.47 Å². The lowest BCUT2D eigenvalue weighted by Crippen LogP contribution is -2.41. The highest BCUT2D eigenvalue weighted by molar-refractivity contribution is 6.11. The second kappa shape index (κ2) is 9.48. The molecule has 2 aliphatic heterocycles. The lowest BCUT2D eigenvalue weighted by Gasteiger charge is -2.25. The van der Waals surface area contributed by atoms with Crippen LogP contribution in [0.25, 0.3) is 0 Å². The third-order valence-electron chi connectivity index (χ3n) is 7.61. The lowest BCUT2D eigenvalue weighted by atomic mass is 9.91. The highest BCUT2D eigenvalue weighted by Crippen LogP contribution is 2.37. The standard InChI is InChI=1S/C28H33N3O5/c1-18-15-22(19(2)30(18)12-11-20-7-5-4-6-8-20)23(32)17-31-26(33)28(3,29-27(31)34)21-9-10-24-25(16-21)36-14-13-35-24/h7,9-10,15-16H,4-6,8,11-14,17H2,1-3H3,(H,29,34). The summed E-state index contributed by atoms with van der Waals surface area (Å²) in [5, 5.41) is 2.78. The molecule has 1 aromatic carbocycles. The summed E-state index contributed by atoms with van der Waals surface area (Å²) >= 11 is 0. The minimum absolute atomic E-state index is 0.249. The van der Waals surface area contributed by atoms with Crippen molar-refractivity contribution in [2.45, 2.75) is 65.0 Å². The number of hydrogen-bond donors (Lipinski definition) is 1. The van der Waals surface area contributed by atoms with Crippen LogP contribution in [0.5, 0.6) is 11.5 Å². The fourth-order valence-electron chi connectivity index (χ4n) is 5.43. The van der Waals surface area contributed by atoms with Gasteiger partial charge in [-0.3, -0.25) is 14.5 Å². The van der Waals surface area contributed by atoms with E-state index in [1.54, 1.807) is 25.1 Å². The van der Waals surface area contributed by atoms with Gasteiger partial charge in [0.1, 0.15) is 18.8 Å². The number of carbonyl (C=O) groups excluding carboxylic acids is 3. The molecule has 1 N–H and O–H groups in total. The minimum atomic E-state index is -1.29. The van der Waals surface area contributed by atoms with Crippen LogP contribution in [0.1, 0.15) is 66.3 Å². The van der Waals surface area contributed by atoms with Crippen LogP contribution in [0.4, 0.5) is 4.79 Å². The molecule has 3 aliphatic rings. The third-order valence-corrected chi connectivity index (χ3v) is 7.61. The molecule has 8 nitrogen and oxygen atoms in total. The molecule has 1 aromatic heterocycles. The van der Waals surface area contributed by atoms with E-state index in [1.165, 1.54) is 18.4 Å². The maximum atomic E-state index is 13.4. The zero-order valence-electron chi connectivity index (χ0n) is 21.2. The molecule has 1 saturated heterocycles. The molecule has 1 aliphatic carbocycles. The van der Waals surface area contributed by atoms with E-state index in [0.717, 1.165) is 42.1 Å². The number of amides is 3. The fraction of sp³-hybridized carbons (Fsp3) is 0.464. The first-order chi connectivity index (χ1) is 17.3. The van der Waals surface area contributed by atoms with Gasteiger partial charge in [-0.2, -0.15) is 0 Å². The van der Waals surface area contributed by atoms with Crippen molar-refractivity contribution in [3.8, 4) is 11.5 Å². The maximum Gasteiger partial charge on any atom is 0.325 e. The summed E-state index contributed by atoms with van der Waals surface area (Å²) in [6.07, 6.45) is 8.14. The predicted octanol–water partition coefficient (Wildman–Crippen LogP) is 4.42. The molecular formula is C28H33N3O5. The average molecular weight is 492 g/mol. The van der Waals surface area contributed by atoms with Gasteiger partial charge in [0.15, 0.2) is 17.3 Å². The van der Waals surface area contributed by atoms with E-state index in [0.29, 0.717) is 35.8 Å². The second-order valence-corrected chi connectivity index (χ2v) is 10.0. The molecule has 3 amide bonds. The van der Waals surface area contributed by atoms with Crippen molar-refractivity contribution in [1.29, 1.82) is 0 Å². The first kappa shape index (κ1) is 24.2. The van der Waals surface area contributed by atoms with Crippen LogP contribution in [0.2, 0.25) is 0 Å². The Morgan fingerprint density at radius 1 is 1.08 bits per heavy atom. The van der Waals surface area contributed by atoms with Crippen molar-refractivity contribution in [2.24, 2.45) is 0 Å². The van der Waals surface area contributed by atoms with Gasteiger partial charge in [0, 0.05) is 23.5 Å². The molecule has 0 spiro atoms. The Balaban J connectivity index is 1.31. The molecule has 1 fully saturated rings. The number of allylic oxidation sites excluding steroid dienone is 2. The van der Waals surface area contributed by atoms with E-state index >= 15 is 0 Å². The molecule has 190 valence electrons. The van der Waals surface area contributed by atoms with E-state index in [1.807, 2.05) is 19.9 Å². The van der Waals surface area contributed by atoms with Gasteiger partial charge in [-0.15, -0.1) is 0 Å². The largest absolute Gasteiger partial charge is 0.486 e. The molecule has 2 aromatic rings. The number of nitrogens with one attached hydrogen (secondary N) is 1. The number of rotatable bonds is 7. The Morgan fingerprint density at radius 3 is 2.61 bits per heavy atom. The SMILES string of the molecule is Cc1cc(C(=O)CN2C(=O)NC(C)(c3ccc4c(c3)OCCO4)C2=O)c(C)n1CCC1=CCCCC1. The minimum Gasteiger partial charge on any atom is -0.486 e. The zero-order valence-corrected chi connectivity index (χ0v) is 21.2. The van der Waals surface area contributed by atoms with Crippen molar-refractivity contribution in [2.75, 3.05) is 19.8 Å². The first-order valence-electron chi connectivity index (χ1n) is 12.7. The van der Waals surface area contributed by atoms with Crippen molar-refractivity contribution in [3.05, 3.63) is 58.4 Å². The molecule has 1 unspecified atom stereocenters. The van der Waals surface area contributed by atoms with Gasteiger partial charge < -0.3 is 19.4 Å². The van der Waals surface area contributed by atoms with Crippen molar-refractivity contribution in [3.63, 3.8) is 0 Å². The summed E-state index contributed by atoms with van der Waals surface area (Å²) < 4.78 is 13.4. The van der Waals surface area contributed by atoms with Crippen LogP contribution in [-0.4, -0.2) is 46.9 Å². The number of benzene rings is 1. The Hall–Kier alpha value is -3.55. The molecule has 5 rings (SSSR count). The molecule has 3 heterocycles. The molecule has 36 heavy (non-hydrogen) atoms. The van der Waals surface area contributed by atoms with Crippen LogP contribution >= 0.6 is 0 Å². The number of ether oxygens (including phenoxy) is 2. The van der Waals surface area contributed by atoms with E-state index in [-0.39, 0.29) is 12.3 Å². The fourth-order valence-corrected chi connectivity index (χ4v) is 5.43. The Kier molecular flexibility index (Phi) is 6.36. The van der Waals surface area contributed by atoms with Gasteiger partial charge >= 0.3 is 6.03 Å². The Morgan fingerprint density at radius 2 is 1.86 bits per heavy atom. The number of fused-ring (bicyclic) bond motifs is 1. The molecule has 0 radical (unpaired) electrons. The second-order valence-electron chi connectivity index (χ2n) is 10.0. The predicted molar refractivity (Wildman–Crippen MR) is 134 cm³/mol. The first-order valence-corrected chi connectivity index (χ1v) is 12.7. The zero-order chi connectivity index (χ0) is 25.4. The monoisotopic (exact) mass is 491 g/mol. The van der Waals surface area contributed by atoms with E-state index in [2.05, 4.69) is 16.0 Å². The summed E-state index contributed by atoms with van der Waals surface area (Å²) in [5.74, 6) is 0.428. The number of aromatic nitrogens is 1. The number of aryl methyl sites for hydroxylation is 1. The Bertz CT molecular complexity index is 1260. The summed E-state index contributed by atoms with van der Waals surface area (Å²) in [6, 6.07) is 6.48. The van der Waals surface area contributed by atoms with Gasteiger partial charge in [-0.05, 0) is 76.6 Å². The number of Topliss-reactive ketones (excluding diaryl/α,β-unsaturated/α-hetero) is 1. The van der Waals surface area contributed by atoms with Gasteiger partial charge in [0.05, 0.1) is 6.54 Å². The number of hydrogen-bond acceptors (Lipinski definition) is 5. The van der Waals surface area contributed by atoms with Crippen molar-refractivity contribution >= 4 is 17.7 Å². The maximum absolute atomic E-state index is 13.4. The van der Waals surface area contributed by atoms with Gasteiger partial charge in [0.2, 0.25) is 0 Å². The summed E-state index contributed by atoms with van der Waals surface area (Å²) in [5.41, 5.74) is 3.20. The quantitative estimate of drug-likeness (QED) is 0.352. The highest BCUT2D eigenvalue weighted by Gasteiger charge is 2.50. The Labute approximate surface area is 211 Å². The third kappa shape index (κ3) is 4.29. The van der Waals surface area contributed by atoms with Gasteiger partial charge in [-0.25, -0.2) is 4.79 Å². The summed E-state index contributed by atoms with van der Waals surface area (Å²) in [4.78, 5) is 40.6. The average Bonchev–Trinajstić information content (AvgIpc) is 3.29. The highest BCUT2D eigenvalue weighted by atomic mass is 16.6. The number of nitrogens with zero attached hydrogens (tertiary/aromatic N) is 2. The molecule has 0 bridgehead atoms. The molecular weight excluding hydrogens is 458 g/mol. The number of urea groups is 1. The van der Waals surface area contributed by atoms with Crippen molar-refractivity contribution < 1.29 is 23.9 Å². The van der Waals surface area contributed by atoms with E-state index in [9.17, 15) is 14.4 Å². The van der Waals surface area contributed by atoms with Crippen LogP contribution in [0, 0.1) is 13.8 Å². The van der Waals surface area contributed by atoms with Crippen LogP contribution < -0.4 is 14.8 Å². The topological polar surface area (TPSA) is 89.9 Å². The van der Waals surface area contributed by atoms with E-state index < -0.39 is 17.5 Å². The van der Waals surface area contributed by atoms with Crippen molar-refractivity contribution in [1.82, 2.24) is 14.8 Å². The summed E-state index contributed by atoms with van der Waals surface area (Å²) in [7, 11) is 0. The van der Waals surface area contributed by atoms with Crippen LogP contribution in [-0.2, 0) is 16.9 Å². The molecule has 8 heteroatoms. The smallest absolute Gasteiger partial charge is 0.325 e. The van der Waals surface area contributed by atoms with Crippen LogP contribution in [0.15, 0.2) is 35.9 Å². The molecule has 0 saturated carbocycles. The number of ketones is 1. The summed E-state index contributed by atoms with van der Waals surface area (Å²) in [6.45, 7) is 6.97. The number of carbonyl (C=O) groups is 3. The van der Waals surface area contributed by atoms with Gasteiger partial charge in [0.25, 0.3) is 5.91 Å². The van der Waals surface area contributed by atoms with Crippen LogP contribution in [0.3, 0.4) is 0 Å². The normalized spacial score (nSPS) is 21.4. The lowest BCUT2D eigenvalue weighted by molar-refractivity contribution is -0.130. The number of imide groups is 1. The molecule has 1 atom stereocenters. The van der Waals surface area contributed by atoms with Gasteiger partial charge in [-0.1, -0.05) is 17.7 Å².